The van der Waals surface area contributed by atoms with Gasteiger partial charge in [-0.2, -0.15) is 13.2 Å². The molecule has 2 nitrogen and oxygen atoms in total. The Kier molecular flexibility index (Phi) is 4.68. The van der Waals surface area contributed by atoms with E-state index in [9.17, 15) is 13.2 Å². The lowest BCUT2D eigenvalue weighted by atomic mass is 9.87. The lowest BCUT2D eigenvalue weighted by Gasteiger charge is -2.33. The number of likely N-dealkylation sites (tertiary alicyclic amines) is 1. The van der Waals surface area contributed by atoms with E-state index in [1.165, 1.54) is 6.07 Å². The molecule has 1 aliphatic heterocycles. The number of hydrogen-bond donors (Lipinski definition) is 0. The molecular formula is C15H21F3N2. The molecule has 112 valence electrons. The SMILES string of the molecule is CC(C)C1CCN(Cc2cccc(C(F)(F)F)n2)CC1. The Bertz CT molecular complexity index is 435. The number of alkyl halides is 3. The second kappa shape index (κ2) is 6.12. The van der Waals surface area contributed by atoms with Crippen LogP contribution in [0.3, 0.4) is 0 Å². The van der Waals surface area contributed by atoms with E-state index in [1.807, 2.05) is 0 Å². The van der Waals surface area contributed by atoms with Crippen molar-refractivity contribution in [3.8, 4) is 0 Å². The highest BCUT2D eigenvalue weighted by Gasteiger charge is 2.32. The van der Waals surface area contributed by atoms with Gasteiger partial charge in [-0.05, 0) is 49.9 Å². The lowest BCUT2D eigenvalue weighted by Crippen LogP contribution is -2.35. The predicted molar refractivity (Wildman–Crippen MR) is 72.1 cm³/mol. The molecule has 0 bridgehead atoms. The van der Waals surface area contributed by atoms with Crippen molar-refractivity contribution in [2.24, 2.45) is 11.8 Å². The number of nitrogens with zero attached hydrogens (tertiary/aromatic N) is 2. The van der Waals surface area contributed by atoms with Crippen molar-refractivity contribution in [3.05, 3.63) is 29.6 Å². The Morgan fingerprint density at radius 3 is 2.45 bits per heavy atom. The molecule has 0 aliphatic carbocycles. The quantitative estimate of drug-likeness (QED) is 0.836. The maximum Gasteiger partial charge on any atom is 0.433 e. The third-order valence-electron chi connectivity index (χ3n) is 4.06. The fraction of sp³-hybridized carbons (Fsp3) is 0.667. The van der Waals surface area contributed by atoms with Gasteiger partial charge in [0.15, 0.2) is 0 Å². The van der Waals surface area contributed by atoms with Gasteiger partial charge >= 0.3 is 6.18 Å². The van der Waals surface area contributed by atoms with Crippen LogP contribution in [-0.4, -0.2) is 23.0 Å². The van der Waals surface area contributed by atoms with Crippen LogP contribution in [0.4, 0.5) is 13.2 Å². The molecule has 2 rings (SSSR count). The van der Waals surface area contributed by atoms with Crippen molar-refractivity contribution in [1.29, 1.82) is 0 Å². The van der Waals surface area contributed by atoms with Gasteiger partial charge in [0, 0.05) is 6.54 Å². The molecule has 1 saturated heterocycles. The van der Waals surface area contributed by atoms with Crippen molar-refractivity contribution in [3.63, 3.8) is 0 Å². The summed E-state index contributed by atoms with van der Waals surface area (Å²) in [6.45, 7) is 6.86. The van der Waals surface area contributed by atoms with Gasteiger partial charge in [0.25, 0.3) is 0 Å². The van der Waals surface area contributed by atoms with Gasteiger partial charge in [-0.1, -0.05) is 19.9 Å². The van der Waals surface area contributed by atoms with E-state index >= 15 is 0 Å². The third kappa shape index (κ3) is 3.95. The summed E-state index contributed by atoms with van der Waals surface area (Å²) >= 11 is 0. The summed E-state index contributed by atoms with van der Waals surface area (Å²) in [5, 5.41) is 0. The van der Waals surface area contributed by atoms with E-state index in [2.05, 4.69) is 23.7 Å². The molecule has 5 heteroatoms. The highest BCUT2D eigenvalue weighted by molar-refractivity contribution is 5.13. The molecule has 20 heavy (non-hydrogen) atoms. The number of pyridine rings is 1. The number of halogens is 3. The highest BCUT2D eigenvalue weighted by atomic mass is 19.4. The first-order chi connectivity index (χ1) is 9.36. The summed E-state index contributed by atoms with van der Waals surface area (Å²) < 4.78 is 37.8. The topological polar surface area (TPSA) is 16.1 Å². The van der Waals surface area contributed by atoms with Gasteiger partial charge in [0.2, 0.25) is 0 Å². The number of hydrogen-bond acceptors (Lipinski definition) is 2. The molecule has 0 radical (unpaired) electrons. The lowest BCUT2D eigenvalue weighted by molar-refractivity contribution is -0.141. The van der Waals surface area contributed by atoms with Crippen molar-refractivity contribution in [2.75, 3.05) is 13.1 Å². The summed E-state index contributed by atoms with van der Waals surface area (Å²) in [6, 6.07) is 4.13. The molecular weight excluding hydrogens is 265 g/mol. The predicted octanol–water partition coefficient (Wildman–Crippen LogP) is 3.97. The summed E-state index contributed by atoms with van der Waals surface area (Å²) in [5.41, 5.74) is -0.296. The molecule has 0 atom stereocenters. The van der Waals surface area contributed by atoms with Crippen LogP contribution in [0.5, 0.6) is 0 Å². The van der Waals surface area contributed by atoms with E-state index in [-0.39, 0.29) is 0 Å². The van der Waals surface area contributed by atoms with Crippen LogP contribution in [0.15, 0.2) is 18.2 Å². The maximum absolute atomic E-state index is 12.6. The van der Waals surface area contributed by atoms with Gasteiger partial charge in [0.05, 0.1) is 5.69 Å². The summed E-state index contributed by atoms with van der Waals surface area (Å²) in [6.07, 6.45) is -2.12. The van der Waals surface area contributed by atoms with Crippen LogP contribution in [0.1, 0.15) is 38.1 Å². The summed E-state index contributed by atoms with van der Waals surface area (Å²) in [4.78, 5) is 5.92. The Morgan fingerprint density at radius 2 is 1.90 bits per heavy atom. The van der Waals surface area contributed by atoms with Crippen molar-refractivity contribution >= 4 is 0 Å². The first kappa shape index (κ1) is 15.3. The zero-order chi connectivity index (χ0) is 14.8. The van der Waals surface area contributed by atoms with Crippen molar-refractivity contribution in [2.45, 2.75) is 39.4 Å². The minimum Gasteiger partial charge on any atom is -0.297 e. The third-order valence-corrected chi connectivity index (χ3v) is 4.06. The van der Waals surface area contributed by atoms with Crippen LogP contribution in [0, 0.1) is 11.8 Å². The molecule has 2 heterocycles. The summed E-state index contributed by atoms with van der Waals surface area (Å²) in [5.74, 6) is 1.42. The average molecular weight is 286 g/mol. The van der Waals surface area contributed by atoms with E-state index in [4.69, 9.17) is 0 Å². The first-order valence-electron chi connectivity index (χ1n) is 7.11. The van der Waals surface area contributed by atoms with Gasteiger partial charge in [-0.3, -0.25) is 4.90 Å². The Labute approximate surface area is 118 Å². The Hall–Kier alpha value is -1.10. The minimum absolute atomic E-state index is 0.503. The van der Waals surface area contributed by atoms with E-state index in [1.54, 1.807) is 6.07 Å². The molecule has 1 aromatic rings. The molecule has 0 aromatic carbocycles. The molecule has 0 amide bonds. The molecule has 0 saturated carbocycles. The van der Waals surface area contributed by atoms with Gasteiger partial charge in [0.1, 0.15) is 5.69 Å². The summed E-state index contributed by atoms with van der Waals surface area (Å²) in [7, 11) is 0. The minimum atomic E-state index is -4.36. The monoisotopic (exact) mass is 286 g/mol. The molecule has 0 spiro atoms. The average Bonchev–Trinajstić information content (AvgIpc) is 2.38. The second-order valence-corrected chi connectivity index (χ2v) is 5.87. The van der Waals surface area contributed by atoms with Crippen LogP contribution in [-0.2, 0) is 12.7 Å². The number of piperidine rings is 1. The van der Waals surface area contributed by atoms with Crippen molar-refractivity contribution in [1.82, 2.24) is 9.88 Å². The zero-order valence-corrected chi connectivity index (χ0v) is 12.0. The molecule has 0 N–H and O–H groups in total. The first-order valence-corrected chi connectivity index (χ1v) is 7.11. The van der Waals surface area contributed by atoms with E-state index in [0.29, 0.717) is 18.2 Å². The molecule has 1 aliphatic rings. The molecule has 1 aromatic heterocycles. The van der Waals surface area contributed by atoms with Gasteiger partial charge in [-0.25, -0.2) is 4.98 Å². The standard InChI is InChI=1S/C15H21F3N2/c1-11(2)12-6-8-20(9-7-12)10-13-4-3-5-14(19-13)15(16,17)18/h3-5,11-12H,6-10H2,1-2H3. The van der Waals surface area contributed by atoms with Crippen LogP contribution < -0.4 is 0 Å². The van der Waals surface area contributed by atoms with Crippen LogP contribution >= 0.6 is 0 Å². The Balaban J connectivity index is 1.95. The highest BCUT2D eigenvalue weighted by Crippen LogP contribution is 2.28. The van der Waals surface area contributed by atoms with E-state index < -0.39 is 11.9 Å². The van der Waals surface area contributed by atoms with Crippen molar-refractivity contribution < 1.29 is 13.2 Å². The smallest absolute Gasteiger partial charge is 0.297 e. The number of aromatic nitrogens is 1. The fourth-order valence-electron chi connectivity index (χ4n) is 2.73. The van der Waals surface area contributed by atoms with E-state index in [0.717, 1.165) is 37.9 Å². The Morgan fingerprint density at radius 1 is 1.25 bits per heavy atom. The van der Waals surface area contributed by atoms with Gasteiger partial charge < -0.3 is 0 Å². The largest absolute Gasteiger partial charge is 0.433 e. The second-order valence-electron chi connectivity index (χ2n) is 5.87. The number of rotatable bonds is 3. The van der Waals surface area contributed by atoms with Crippen LogP contribution in [0.25, 0.3) is 0 Å². The molecule has 1 fully saturated rings. The molecule has 0 unspecified atom stereocenters. The zero-order valence-electron chi connectivity index (χ0n) is 12.0. The van der Waals surface area contributed by atoms with Gasteiger partial charge in [-0.15, -0.1) is 0 Å². The van der Waals surface area contributed by atoms with Crippen LogP contribution in [0.2, 0.25) is 0 Å². The normalized spacial score (nSPS) is 18.7. The maximum atomic E-state index is 12.6. The fourth-order valence-corrected chi connectivity index (χ4v) is 2.73.